The Morgan fingerprint density at radius 1 is 1.07 bits per heavy atom. The fraction of sp³-hybridized carbons (Fsp3) is 0.238. The standard InChI is InChI=1S/C21H22N2O5/c1-14-5-7-19-22-16(12-23(19)11-14)13-28-20(24)8-6-15-9-17(25-2)21(27-4)18(10-15)26-3/h5-12H,13H2,1-4H3/b8-6+. The van der Waals surface area contributed by atoms with Crippen molar-refractivity contribution in [3.8, 4) is 17.2 Å². The SMILES string of the molecule is COc1cc(/C=C/C(=O)OCc2cn3cc(C)ccc3n2)cc(OC)c1OC. The molecule has 0 aliphatic carbocycles. The van der Waals surface area contributed by atoms with Crippen LogP contribution in [0.5, 0.6) is 17.2 Å². The summed E-state index contributed by atoms with van der Waals surface area (Å²) in [6, 6.07) is 7.40. The van der Waals surface area contributed by atoms with E-state index < -0.39 is 5.97 Å². The molecule has 0 aliphatic heterocycles. The number of aryl methyl sites for hydroxylation is 1. The van der Waals surface area contributed by atoms with Crippen molar-refractivity contribution in [1.82, 2.24) is 9.38 Å². The molecule has 3 rings (SSSR count). The fourth-order valence-electron chi connectivity index (χ4n) is 2.78. The molecule has 0 radical (unpaired) electrons. The van der Waals surface area contributed by atoms with Gasteiger partial charge in [0.25, 0.3) is 0 Å². The summed E-state index contributed by atoms with van der Waals surface area (Å²) < 4.78 is 23.1. The first-order chi connectivity index (χ1) is 13.5. The van der Waals surface area contributed by atoms with Crippen molar-refractivity contribution in [3.63, 3.8) is 0 Å². The van der Waals surface area contributed by atoms with E-state index in [0.717, 1.165) is 16.8 Å². The summed E-state index contributed by atoms with van der Waals surface area (Å²) in [6.45, 7) is 2.10. The van der Waals surface area contributed by atoms with Crippen LogP contribution in [0.25, 0.3) is 11.7 Å². The quantitative estimate of drug-likeness (QED) is 0.461. The molecule has 0 saturated carbocycles. The number of carbonyl (C=O) groups is 1. The number of carbonyl (C=O) groups excluding carboxylic acids is 1. The first-order valence-electron chi connectivity index (χ1n) is 8.63. The van der Waals surface area contributed by atoms with Gasteiger partial charge in [-0.1, -0.05) is 6.07 Å². The van der Waals surface area contributed by atoms with Crippen molar-refractivity contribution >= 4 is 17.7 Å². The second kappa shape index (κ2) is 8.47. The summed E-state index contributed by atoms with van der Waals surface area (Å²) in [5.74, 6) is 1.04. The van der Waals surface area contributed by atoms with E-state index in [-0.39, 0.29) is 6.61 Å². The summed E-state index contributed by atoms with van der Waals surface area (Å²) in [6.07, 6.45) is 6.79. The molecule has 0 saturated heterocycles. The molecule has 7 heteroatoms. The molecule has 1 aromatic carbocycles. The molecule has 2 aromatic heterocycles. The second-order valence-electron chi connectivity index (χ2n) is 6.10. The highest BCUT2D eigenvalue weighted by Crippen LogP contribution is 2.38. The molecular weight excluding hydrogens is 360 g/mol. The van der Waals surface area contributed by atoms with Gasteiger partial charge in [0.05, 0.1) is 27.0 Å². The van der Waals surface area contributed by atoms with Gasteiger partial charge in [-0.05, 0) is 42.3 Å². The Labute approximate surface area is 163 Å². The second-order valence-corrected chi connectivity index (χ2v) is 6.10. The third-order valence-corrected chi connectivity index (χ3v) is 4.11. The Bertz CT molecular complexity index is 998. The average molecular weight is 382 g/mol. The van der Waals surface area contributed by atoms with Crippen molar-refractivity contribution in [2.75, 3.05) is 21.3 Å². The number of nitrogens with zero attached hydrogens (tertiary/aromatic N) is 2. The summed E-state index contributed by atoms with van der Waals surface area (Å²) in [5.41, 5.74) is 3.33. The molecule has 0 spiro atoms. The highest BCUT2D eigenvalue weighted by atomic mass is 16.5. The molecule has 0 amide bonds. The van der Waals surface area contributed by atoms with Crippen LogP contribution in [0.15, 0.2) is 42.7 Å². The van der Waals surface area contributed by atoms with Gasteiger partial charge < -0.3 is 23.3 Å². The van der Waals surface area contributed by atoms with Crippen molar-refractivity contribution in [1.29, 1.82) is 0 Å². The Balaban J connectivity index is 1.67. The molecule has 0 bridgehead atoms. The van der Waals surface area contributed by atoms with Crippen molar-refractivity contribution in [3.05, 3.63) is 59.6 Å². The summed E-state index contributed by atoms with van der Waals surface area (Å²) in [7, 11) is 4.61. The zero-order valence-corrected chi connectivity index (χ0v) is 16.3. The molecule has 28 heavy (non-hydrogen) atoms. The maximum absolute atomic E-state index is 12.1. The molecule has 0 fully saturated rings. The van der Waals surface area contributed by atoms with Crippen LogP contribution >= 0.6 is 0 Å². The minimum Gasteiger partial charge on any atom is -0.493 e. The number of aromatic nitrogens is 2. The summed E-state index contributed by atoms with van der Waals surface area (Å²) >= 11 is 0. The first-order valence-corrected chi connectivity index (χ1v) is 8.63. The lowest BCUT2D eigenvalue weighted by atomic mass is 10.1. The smallest absolute Gasteiger partial charge is 0.331 e. The van der Waals surface area contributed by atoms with Crippen LogP contribution in [0, 0.1) is 6.92 Å². The number of benzene rings is 1. The molecular formula is C21H22N2O5. The number of hydrogen-bond acceptors (Lipinski definition) is 6. The Morgan fingerprint density at radius 3 is 2.43 bits per heavy atom. The topological polar surface area (TPSA) is 71.3 Å². The van der Waals surface area contributed by atoms with Crippen molar-refractivity contribution in [2.45, 2.75) is 13.5 Å². The van der Waals surface area contributed by atoms with Gasteiger partial charge in [0.2, 0.25) is 5.75 Å². The number of esters is 1. The van der Waals surface area contributed by atoms with Gasteiger partial charge in [-0.25, -0.2) is 9.78 Å². The number of pyridine rings is 1. The van der Waals surface area contributed by atoms with E-state index in [4.69, 9.17) is 18.9 Å². The third-order valence-electron chi connectivity index (χ3n) is 4.11. The highest BCUT2D eigenvalue weighted by Gasteiger charge is 2.12. The van der Waals surface area contributed by atoms with Crippen LogP contribution in [0.1, 0.15) is 16.8 Å². The van der Waals surface area contributed by atoms with E-state index in [1.807, 2.05) is 35.9 Å². The molecule has 3 aromatic rings. The number of imidazole rings is 1. The summed E-state index contributed by atoms with van der Waals surface area (Å²) in [5, 5.41) is 0. The Hall–Kier alpha value is -3.48. The van der Waals surface area contributed by atoms with Crippen LogP contribution in [0.2, 0.25) is 0 Å². The van der Waals surface area contributed by atoms with Gasteiger partial charge in [0, 0.05) is 18.5 Å². The van der Waals surface area contributed by atoms with E-state index in [1.54, 1.807) is 18.2 Å². The first kappa shape index (κ1) is 19.3. The Kier molecular flexibility index (Phi) is 5.84. The van der Waals surface area contributed by atoms with Crippen LogP contribution < -0.4 is 14.2 Å². The highest BCUT2D eigenvalue weighted by molar-refractivity contribution is 5.87. The van der Waals surface area contributed by atoms with Crippen LogP contribution in [0.3, 0.4) is 0 Å². The predicted molar refractivity (Wildman–Crippen MR) is 105 cm³/mol. The third kappa shape index (κ3) is 4.25. The van der Waals surface area contributed by atoms with Gasteiger partial charge >= 0.3 is 5.97 Å². The molecule has 0 unspecified atom stereocenters. The zero-order chi connectivity index (χ0) is 20.1. The number of fused-ring (bicyclic) bond motifs is 1. The number of methoxy groups -OCH3 is 3. The normalized spacial score (nSPS) is 11.0. The lowest BCUT2D eigenvalue weighted by Crippen LogP contribution is -2.01. The average Bonchev–Trinajstić information content (AvgIpc) is 3.11. The minimum absolute atomic E-state index is 0.0964. The molecule has 0 atom stereocenters. The van der Waals surface area contributed by atoms with Crippen LogP contribution in [-0.4, -0.2) is 36.7 Å². The fourth-order valence-corrected chi connectivity index (χ4v) is 2.78. The van der Waals surface area contributed by atoms with E-state index in [9.17, 15) is 4.79 Å². The van der Waals surface area contributed by atoms with E-state index in [1.165, 1.54) is 27.4 Å². The van der Waals surface area contributed by atoms with E-state index in [2.05, 4.69) is 4.98 Å². The number of rotatable bonds is 7. The van der Waals surface area contributed by atoms with Crippen molar-refractivity contribution < 1.29 is 23.7 Å². The van der Waals surface area contributed by atoms with Gasteiger partial charge in [0.1, 0.15) is 12.3 Å². The monoisotopic (exact) mass is 382 g/mol. The zero-order valence-electron chi connectivity index (χ0n) is 16.3. The van der Waals surface area contributed by atoms with E-state index in [0.29, 0.717) is 22.9 Å². The molecule has 7 nitrogen and oxygen atoms in total. The number of ether oxygens (including phenoxy) is 4. The van der Waals surface area contributed by atoms with Crippen LogP contribution in [0.4, 0.5) is 0 Å². The maximum atomic E-state index is 12.1. The van der Waals surface area contributed by atoms with Gasteiger partial charge in [0.15, 0.2) is 11.5 Å². The van der Waals surface area contributed by atoms with Crippen molar-refractivity contribution in [2.24, 2.45) is 0 Å². The lowest BCUT2D eigenvalue weighted by molar-refractivity contribution is -0.139. The molecule has 0 aliphatic rings. The Morgan fingerprint density at radius 2 is 1.79 bits per heavy atom. The van der Waals surface area contributed by atoms with Crippen LogP contribution in [-0.2, 0) is 16.1 Å². The minimum atomic E-state index is -0.470. The molecule has 2 heterocycles. The van der Waals surface area contributed by atoms with Gasteiger partial charge in [-0.2, -0.15) is 0 Å². The lowest BCUT2D eigenvalue weighted by Gasteiger charge is -2.12. The maximum Gasteiger partial charge on any atom is 0.331 e. The molecule has 146 valence electrons. The largest absolute Gasteiger partial charge is 0.493 e. The van der Waals surface area contributed by atoms with E-state index >= 15 is 0 Å². The van der Waals surface area contributed by atoms with Gasteiger partial charge in [-0.3, -0.25) is 0 Å². The molecule has 0 N–H and O–H groups in total. The predicted octanol–water partition coefficient (Wildman–Crippen LogP) is 3.43. The van der Waals surface area contributed by atoms with Gasteiger partial charge in [-0.15, -0.1) is 0 Å². The summed E-state index contributed by atoms with van der Waals surface area (Å²) in [4.78, 5) is 16.5. The number of hydrogen-bond donors (Lipinski definition) is 0.